The Morgan fingerprint density at radius 1 is 1.03 bits per heavy atom. The molecule has 0 atom stereocenters. The summed E-state index contributed by atoms with van der Waals surface area (Å²) in [4.78, 5) is 43.2. The quantitative estimate of drug-likeness (QED) is 0.440. The molecule has 1 saturated heterocycles. The number of aromatic amines is 1. The van der Waals surface area contributed by atoms with Crippen LogP contribution in [0.25, 0.3) is 16.6 Å². The van der Waals surface area contributed by atoms with E-state index in [-0.39, 0.29) is 28.2 Å². The van der Waals surface area contributed by atoms with Crippen LogP contribution >= 0.6 is 12.2 Å². The molecule has 2 aromatic heterocycles. The molecule has 0 saturated carbocycles. The maximum absolute atomic E-state index is 13.1. The van der Waals surface area contributed by atoms with Crippen LogP contribution in [0.2, 0.25) is 0 Å². The van der Waals surface area contributed by atoms with Gasteiger partial charge in [0.2, 0.25) is 0 Å². The number of carbonyl (C=O) groups is 2. The molecular weight excluding hydrogens is 452 g/mol. The number of benzene rings is 2. The summed E-state index contributed by atoms with van der Waals surface area (Å²) in [6.45, 7) is 1.07. The molecule has 2 amide bonds. The van der Waals surface area contributed by atoms with Gasteiger partial charge in [-0.2, -0.15) is 0 Å². The highest BCUT2D eigenvalue weighted by atomic mass is 32.1. The largest absolute Gasteiger partial charge is 0.459 e. The summed E-state index contributed by atoms with van der Waals surface area (Å²) >= 11 is 5.42. The number of hydrogen-bond acceptors (Lipinski definition) is 5. The first-order valence-corrected chi connectivity index (χ1v) is 11.4. The van der Waals surface area contributed by atoms with Gasteiger partial charge in [0, 0.05) is 24.7 Å². The van der Waals surface area contributed by atoms with Gasteiger partial charge in [0.15, 0.2) is 10.5 Å². The van der Waals surface area contributed by atoms with Crippen molar-refractivity contribution in [3.63, 3.8) is 0 Å². The third-order valence-electron chi connectivity index (χ3n) is 6.02. The van der Waals surface area contributed by atoms with E-state index in [0.717, 1.165) is 0 Å². The van der Waals surface area contributed by atoms with Gasteiger partial charge in [0.1, 0.15) is 0 Å². The number of H-pyrrole nitrogens is 1. The Balaban J connectivity index is 1.30. The van der Waals surface area contributed by atoms with Gasteiger partial charge in [0.25, 0.3) is 17.4 Å². The molecule has 1 aliphatic heterocycles. The second-order valence-electron chi connectivity index (χ2n) is 8.18. The number of hydrogen-bond donors (Lipinski definition) is 2. The molecule has 2 N–H and O–H groups in total. The maximum atomic E-state index is 13.1. The first-order chi connectivity index (χ1) is 16.5. The van der Waals surface area contributed by atoms with Gasteiger partial charge in [-0.3, -0.25) is 19.0 Å². The van der Waals surface area contributed by atoms with Crippen LogP contribution in [0, 0.1) is 4.77 Å². The van der Waals surface area contributed by atoms with Crippen LogP contribution in [0.1, 0.15) is 33.8 Å². The number of para-hydroxylation sites is 1. The highest BCUT2D eigenvalue weighted by Gasteiger charge is 2.26. The summed E-state index contributed by atoms with van der Waals surface area (Å²) in [5.41, 5.74) is 1.37. The van der Waals surface area contributed by atoms with Gasteiger partial charge in [-0.25, -0.2) is 0 Å². The average Bonchev–Trinajstić information content (AvgIpc) is 3.39. The number of piperidine rings is 1. The monoisotopic (exact) mass is 474 g/mol. The lowest BCUT2D eigenvalue weighted by molar-refractivity contribution is 0.0667. The van der Waals surface area contributed by atoms with Gasteiger partial charge in [-0.15, -0.1) is 0 Å². The van der Waals surface area contributed by atoms with Crippen molar-refractivity contribution in [3.8, 4) is 5.69 Å². The number of carbonyl (C=O) groups excluding carboxylic acids is 2. The smallest absolute Gasteiger partial charge is 0.289 e. The second-order valence-corrected chi connectivity index (χ2v) is 8.57. The zero-order chi connectivity index (χ0) is 23.7. The van der Waals surface area contributed by atoms with Crippen molar-refractivity contribution in [2.45, 2.75) is 18.9 Å². The minimum Gasteiger partial charge on any atom is -0.459 e. The fraction of sp³-hybridized carbons (Fsp3) is 0.200. The van der Waals surface area contributed by atoms with Crippen LogP contribution in [0.4, 0.5) is 0 Å². The van der Waals surface area contributed by atoms with E-state index in [4.69, 9.17) is 16.6 Å². The van der Waals surface area contributed by atoms with Gasteiger partial charge < -0.3 is 19.6 Å². The van der Waals surface area contributed by atoms with Crippen LogP contribution < -0.4 is 10.9 Å². The molecule has 34 heavy (non-hydrogen) atoms. The average molecular weight is 475 g/mol. The van der Waals surface area contributed by atoms with E-state index in [2.05, 4.69) is 10.3 Å². The molecule has 0 radical (unpaired) electrons. The van der Waals surface area contributed by atoms with Crippen LogP contribution in [0.5, 0.6) is 0 Å². The summed E-state index contributed by atoms with van der Waals surface area (Å²) in [5, 5.41) is 3.48. The summed E-state index contributed by atoms with van der Waals surface area (Å²) in [5.74, 6) is -0.0488. The Labute approximate surface area is 199 Å². The number of aromatic nitrogens is 2. The van der Waals surface area contributed by atoms with Crippen molar-refractivity contribution in [1.29, 1.82) is 0 Å². The predicted molar refractivity (Wildman–Crippen MR) is 130 cm³/mol. The van der Waals surface area contributed by atoms with E-state index in [1.165, 1.54) is 10.8 Å². The van der Waals surface area contributed by atoms with Gasteiger partial charge >= 0.3 is 0 Å². The summed E-state index contributed by atoms with van der Waals surface area (Å²) in [6.07, 6.45) is 2.78. The standard InChI is InChI=1S/C25H22N4O4S/c30-22(26-17-10-12-28(13-11-17)24(32)21-7-4-14-33-21)16-8-9-19-20(15-16)27-25(34)29(23(19)31)18-5-2-1-3-6-18/h1-9,14-15,17H,10-13H2,(H,26,30)(H,27,34). The molecule has 0 spiro atoms. The molecule has 3 heterocycles. The van der Waals surface area contributed by atoms with Crippen molar-refractivity contribution in [2.24, 2.45) is 0 Å². The van der Waals surface area contributed by atoms with Gasteiger partial charge in [-0.05, 0) is 67.5 Å². The Hall–Kier alpha value is -3.98. The SMILES string of the molecule is O=C(NC1CCN(C(=O)c2ccco2)CC1)c1ccc2c(=O)n(-c3ccccc3)c(=S)[nH]c2c1. The highest BCUT2D eigenvalue weighted by molar-refractivity contribution is 7.71. The van der Waals surface area contributed by atoms with E-state index in [9.17, 15) is 14.4 Å². The first kappa shape index (κ1) is 21.8. The number of rotatable bonds is 4. The third-order valence-corrected chi connectivity index (χ3v) is 6.31. The topological polar surface area (TPSA) is 100 Å². The van der Waals surface area contributed by atoms with Gasteiger partial charge in [-0.1, -0.05) is 18.2 Å². The molecule has 0 unspecified atom stereocenters. The third kappa shape index (κ3) is 4.17. The van der Waals surface area contributed by atoms with Crippen LogP contribution in [0.15, 0.2) is 76.1 Å². The molecule has 9 heteroatoms. The number of amides is 2. The second kappa shape index (κ2) is 9.11. The van der Waals surface area contributed by atoms with Crippen molar-refractivity contribution >= 4 is 34.9 Å². The molecular formula is C25H22N4O4S. The van der Waals surface area contributed by atoms with Crippen molar-refractivity contribution < 1.29 is 14.0 Å². The van der Waals surface area contributed by atoms with E-state index < -0.39 is 0 Å². The van der Waals surface area contributed by atoms with E-state index in [1.807, 2.05) is 30.3 Å². The van der Waals surface area contributed by atoms with Crippen LogP contribution in [-0.4, -0.2) is 45.4 Å². The zero-order valence-electron chi connectivity index (χ0n) is 18.2. The lowest BCUT2D eigenvalue weighted by atomic mass is 10.0. The number of furan rings is 1. The number of fused-ring (bicyclic) bond motifs is 1. The van der Waals surface area contributed by atoms with Crippen molar-refractivity contribution in [2.75, 3.05) is 13.1 Å². The number of likely N-dealkylation sites (tertiary alicyclic amines) is 1. The molecule has 1 fully saturated rings. The predicted octanol–water partition coefficient (Wildman–Crippen LogP) is 3.68. The van der Waals surface area contributed by atoms with Crippen molar-refractivity contribution in [3.05, 3.63) is 93.4 Å². The fourth-order valence-electron chi connectivity index (χ4n) is 4.22. The molecule has 0 aliphatic carbocycles. The van der Waals surface area contributed by atoms with Crippen LogP contribution in [0.3, 0.4) is 0 Å². The molecule has 8 nitrogen and oxygen atoms in total. The minimum atomic E-state index is -0.245. The fourth-order valence-corrected chi connectivity index (χ4v) is 4.52. The summed E-state index contributed by atoms with van der Waals surface area (Å²) in [6, 6.07) is 17.4. The van der Waals surface area contributed by atoms with Crippen molar-refractivity contribution in [1.82, 2.24) is 19.8 Å². The van der Waals surface area contributed by atoms with Crippen LogP contribution in [-0.2, 0) is 0 Å². The lowest BCUT2D eigenvalue weighted by Gasteiger charge is -2.31. The van der Waals surface area contributed by atoms with E-state index in [1.54, 1.807) is 35.2 Å². The van der Waals surface area contributed by atoms with E-state index >= 15 is 0 Å². The lowest BCUT2D eigenvalue weighted by Crippen LogP contribution is -2.46. The summed E-state index contributed by atoms with van der Waals surface area (Å²) in [7, 11) is 0. The zero-order valence-corrected chi connectivity index (χ0v) is 19.0. The normalized spacial score (nSPS) is 14.3. The molecule has 0 bridgehead atoms. The minimum absolute atomic E-state index is 0.0478. The summed E-state index contributed by atoms with van der Waals surface area (Å²) < 4.78 is 6.89. The van der Waals surface area contributed by atoms with E-state index in [0.29, 0.717) is 53.8 Å². The molecule has 172 valence electrons. The molecule has 2 aromatic carbocycles. The number of nitrogens with one attached hydrogen (secondary N) is 2. The molecule has 5 rings (SSSR count). The molecule has 4 aromatic rings. The maximum Gasteiger partial charge on any atom is 0.289 e. The molecule has 1 aliphatic rings. The Morgan fingerprint density at radius 2 is 1.79 bits per heavy atom. The highest BCUT2D eigenvalue weighted by Crippen LogP contribution is 2.17. The Kier molecular flexibility index (Phi) is 5.85. The number of nitrogens with zero attached hydrogens (tertiary/aromatic N) is 2. The Bertz CT molecular complexity index is 1470. The Morgan fingerprint density at radius 3 is 2.50 bits per heavy atom. The van der Waals surface area contributed by atoms with Gasteiger partial charge in [0.05, 0.1) is 22.9 Å². The first-order valence-electron chi connectivity index (χ1n) is 11.0.